The topological polar surface area (TPSA) is 53.4 Å². The highest BCUT2D eigenvalue weighted by Gasteiger charge is 2.30. The van der Waals surface area contributed by atoms with Crippen LogP contribution in [0.4, 0.5) is 0 Å². The second-order valence-electron chi connectivity index (χ2n) is 3.89. The van der Waals surface area contributed by atoms with E-state index >= 15 is 0 Å². The molecule has 0 spiro atoms. The summed E-state index contributed by atoms with van der Waals surface area (Å²) in [5, 5.41) is 8.78. The number of aliphatic carboxylic acids is 1. The molecule has 1 fully saturated rings. The normalized spacial score (nSPS) is 13.7. The molecule has 1 aliphatic rings. The van der Waals surface area contributed by atoms with Crippen molar-refractivity contribution < 1.29 is 9.90 Å². The van der Waals surface area contributed by atoms with Crippen molar-refractivity contribution in [1.29, 1.82) is 0 Å². The summed E-state index contributed by atoms with van der Waals surface area (Å²) in [5.41, 5.74) is 1.12. The molecule has 0 bridgehead atoms. The molecule has 1 aromatic rings. The number of hydrogen-bond acceptors (Lipinski definition) is 3. The molecule has 1 saturated carbocycles. The Morgan fingerprint density at radius 1 is 1.35 bits per heavy atom. The number of carboxylic acids is 1. The van der Waals surface area contributed by atoms with Gasteiger partial charge in [-0.15, -0.1) is 24.8 Å². The van der Waals surface area contributed by atoms with Crippen molar-refractivity contribution in [3.8, 4) is 0 Å². The van der Waals surface area contributed by atoms with E-state index in [1.165, 1.54) is 0 Å². The number of halogens is 2. The molecule has 96 valence electrons. The van der Waals surface area contributed by atoms with Crippen molar-refractivity contribution in [1.82, 2.24) is 9.88 Å². The number of hydrogen-bond donors (Lipinski definition) is 1. The van der Waals surface area contributed by atoms with Gasteiger partial charge in [0.05, 0.1) is 6.54 Å². The lowest BCUT2D eigenvalue weighted by molar-refractivity contribution is -0.138. The van der Waals surface area contributed by atoms with Gasteiger partial charge in [0.1, 0.15) is 0 Å². The van der Waals surface area contributed by atoms with Crippen molar-refractivity contribution >= 4 is 30.8 Å². The van der Waals surface area contributed by atoms with Gasteiger partial charge in [-0.1, -0.05) is 0 Å². The third-order valence-corrected chi connectivity index (χ3v) is 2.54. The van der Waals surface area contributed by atoms with Crippen LogP contribution < -0.4 is 0 Å². The zero-order valence-corrected chi connectivity index (χ0v) is 10.9. The largest absolute Gasteiger partial charge is 0.480 e. The quantitative estimate of drug-likeness (QED) is 0.895. The average Bonchev–Trinajstić information content (AvgIpc) is 3.01. The Balaban J connectivity index is 0.00000128. The van der Waals surface area contributed by atoms with Gasteiger partial charge in [-0.25, -0.2) is 0 Å². The summed E-state index contributed by atoms with van der Waals surface area (Å²) in [4.78, 5) is 16.6. The van der Waals surface area contributed by atoms with E-state index in [1.54, 1.807) is 12.4 Å². The molecule has 1 aliphatic carbocycles. The molecule has 0 aromatic carbocycles. The molecular weight excluding hydrogens is 263 g/mol. The van der Waals surface area contributed by atoms with Crippen LogP contribution in [-0.2, 0) is 11.3 Å². The Morgan fingerprint density at radius 3 is 2.41 bits per heavy atom. The summed E-state index contributed by atoms with van der Waals surface area (Å²) in [6.45, 7) is 0.840. The van der Waals surface area contributed by atoms with Crippen LogP contribution in [0.25, 0.3) is 0 Å². The fraction of sp³-hybridized carbons (Fsp3) is 0.455. The monoisotopic (exact) mass is 278 g/mol. The first kappa shape index (κ1) is 16.2. The Kier molecular flexibility index (Phi) is 7.11. The third kappa shape index (κ3) is 5.35. The highest BCUT2D eigenvalue weighted by molar-refractivity contribution is 5.85. The van der Waals surface area contributed by atoms with E-state index in [2.05, 4.69) is 4.98 Å². The van der Waals surface area contributed by atoms with Crippen molar-refractivity contribution in [2.45, 2.75) is 25.4 Å². The summed E-state index contributed by atoms with van der Waals surface area (Å²) in [7, 11) is 0. The zero-order chi connectivity index (χ0) is 10.7. The molecule has 1 heterocycles. The van der Waals surface area contributed by atoms with E-state index in [9.17, 15) is 4.79 Å². The van der Waals surface area contributed by atoms with E-state index in [-0.39, 0.29) is 31.4 Å². The Hall–Kier alpha value is -0.840. The van der Waals surface area contributed by atoms with E-state index in [1.807, 2.05) is 17.0 Å². The van der Waals surface area contributed by atoms with Gasteiger partial charge in [0, 0.05) is 25.0 Å². The van der Waals surface area contributed by atoms with E-state index in [0.29, 0.717) is 12.6 Å². The van der Waals surface area contributed by atoms with Crippen molar-refractivity contribution in [3.05, 3.63) is 30.1 Å². The Morgan fingerprint density at radius 2 is 1.94 bits per heavy atom. The first-order valence-corrected chi connectivity index (χ1v) is 5.10. The van der Waals surface area contributed by atoms with Crippen LogP contribution in [0.1, 0.15) is 18.4 Å². The molecule has 0 atom stereocenters. The molecule has 17 heavy (non-hydrogen) atoms. The zero-order valence-electron chi connectivity index (χ0n) is 9.28. The van der Waals surface area contributed by atoms with Crippen LogP contribution in [0.3, 0.4) is 0 Å². The van der Waals surface area contributed by atoms with Crippen LogP contribution in [0.2, 0.25) is 0 Å². The molecule has 6 heteroatoms. The Labute approximate surface area is 113 Å². The van der Waals surface area contributed by atoms with Gasteiger partial charge < -0.3 is 5.11 Å². The van der Waals surface area contributed by atoms with Crippen LogP contribution in [0.15, 0.2) is 24.5 Å². The number of aromatic nitrogens is 1. The minimum Gasteiger partial charge on any atom is -0.480 e. The minimum absolute atomic E-state index is 0. The number of nitrogens with zero attached hydrogens (tertiary/aromatic N) is 2. The van der Waals surface area contributed by atoms with Crippen LogP contribution >= 0.6 is 24.8 Å². The van der Waals surface area contributed by atoms with E-state index in [0.717, 1.165) is 18.4 Å². The molecule has 0 saturated heterocycles. The maximum absolute atomic E-state index is 10.7. The summed E-state index contributed by atoms with van der Waals surface area (Å²) in [6.07, 6.45) is 5.72. The lowest BCUT2D eigenvalue weighted by atomic mass is 10.2. The van der Waals surface area contributed by atoms with Gasteiger partial charge in [-0.05, 0) is 30.5 Å². The van der Waals surface area contributed by atoms with Crippen LogP contribution in [0.5, 0.6) is 0 Å². The molecule has 0 radical (unpaired) electrons. The fourth-order valence-corrected chi connectivity index (χ4v) is 1.65. The van der Waals surface area contributed by atoms with Gasteiger partial charge in [0.25, 0.3) is 0 Å². The van der Waals surface area contributed by atoms with Gasteiger partial charge in [-0.2, -0.15) is 0 Å². The predicted octanol–water partition coefficient (Wildman–Crippen LogP) is 1.97. The number of carbonyl (C=O) groups is 1. The van der Waals surface area contributed by atoms with Crippen LogP contribution in [-0.4, -0.2) is 33.5 Å². The Bertz CT molecular complexity index is 345. The maximum atomic E-state index is 10.7. The molecule has 1 aromatic heterocycles. The molecule has 4 nitrogen and oxygen atoms in total. The summed E-state index contributed by atoms with van der Waals surface area (Å²) >= 11 is 0. The smallest absolute Gasteiger partial charge is 0.317 e. The SMILES string of the molecule is Cl.Cl.O=C(O)CN(Cc1ccncc1)C1CC1. The fourth-order valence-electron chi connectivity index (χ4n) is 1.65. The number of carboxylic acid groups (broad SMARTS) is 1. The van der Waals surface area contributed by atoms with Gasteiger partial charge in [0.2, 0.25) is 0 Å². The third-order valence-electron chi connectivity index (χ3n) is 2.54. The first-order chi connectivity index (χ1) is 7.25. The molecule has 0 aliphatic heterocycles. The highest BCUT2D eigenvalue weighted by atomic mass is 35.5. The summed E-state index contributed by atoms with van der Waals surface area (Å²) < 4.78 is 0. The van der Waals surface area contributed by atoms with Crippen molar-refractivity contribution in [2.24, 2.45) is 0 Å². The molecule has 0 amide bonds. The van der Waals surface area contributed by atoms with Crippen molar-refractivity contribution in [2.75, 3.05) is 6.54 Å². The number of pyridine rings is 1. The second kappa shape index (κ2) is 7.48. The van der Waals surface area contributed by atoms with Gasteiger partial charge in [-0.3, -0.25) is 14.7 Å². The molecular formula is C11H16Cl2N2O2. The lowest BCUT2D eigenvalue weighted by Gasteiger charge is -2.19. The van der Waals surface area contributed by atoms with Gasteiger partial charge in [0.15, 0.2) is 0 Å². The van der Waals surface area contributed by atoms with E-state index in [4.69, 9.17) is 5.11 Å². The standard InChI is InChI=1S/C11H14N2O2.2ClH/c14-11(15)8-13(10-1-2-10)7-9-3-5-12-6-4-9;;/h3-6,10H,1-2,7-8H2,(H,14,15);2*1H. The summed E-state index contributed by atoms with van der Waals surface area (Å²) in [5.74, 6) is -0.754. The maximum Gasteiger partial charge on any atom is 0.317 e. The molecule has 2 rings (SSSR count). The first-order valence-electron chi connectivity index (χ1n) is 5.10. The van der Waals surface area contributed by atoms with Gasteiger partial charge >= 0.3 is 5.97 Å². The predicted molar refractivity (Wildman–Crippen MR) is 69.8 cm³/mol. The molecule has 0 unspecified atom stereocenters. The average molecular weight is 279 g/mol. The summed E-state index contributed by atoms with van der Waals surface area (Å²) in [6, 6.07) is 4.32. The number of rotatable bonds is 5. The second-order valence-corrected chi connectivity index (χ2v) is 3.89. The highest BCUT2D eigenvalue weighted by Crippen LogP contribution is 2.27. The van der Waals surface area contributed by atoms with Crippen LogP contribution in [0, 0.1) is 0 Å². The lowest BCUT2D eigenvalue weighted by Crippen LogP contribution is -2.31. The van der Waals surface area contributed by atoms with E-state index < -0.39 is 5.97 Å². The molecule has 1 N–H and O–H groups in total. The minimum atomic E-state index is -0.754. The van der Waals surface area contributed by atoms with Crippen molar-refractivity contribution in [3.63, 3.8) is 0 Å².